The van der Waals surface area contributed by atoms with Crippen molar-refractivity contribution in [2.75, 3.05) is 23.4 Å². The fourth-order valence-electron chi connectivity index (χ4n) is 6.08. The number of hydrogen-bond donors (Lipinski definition) is 6. The van der Waals surface area contributed by atoms with Gasteiger partial charge in [0.25, 0.3) is 5.91 Å². The van der Waals surface area contributed by atoms with E-state index in [-0.39, 0.29) is 64.7 Å². The number of phenolic OH excluding ortho intramolecular Hbond substituents is 2. The molecule has 2 fully saturated rings. The van der Waals surface area contributed by atoms with Crippen molar-refractivity contribution in [3.8, 4) is 11.5 Å². The van der Waals surface area contributed by atoms with Gasteiger partial charge in [0.1, 0.15) is 22.9 Å². The molecule has 6 N–H and O–H groups in total. The molecule has 258 valence electrons. The van der Waals surface area contributed by atoms with E-state index in [1.165, 1.54) is 54.1 Å². The summed E-state index contributed by atoms with van der Waals surface area (Å²) in [7, 11) is 0. The molecule has 2 aromatic carbocycles. The highest BCUT2D eigenvalue weighted by Gasteiger charge is 2.55. The van der Waals surface area contributed by atoms with Gasteiger partial charge >= 0.3 is 5.97 Å². The summed E-state index contributed by atoms with van der Waals surface area (Å²) in [5.74, 6) is -5.80. The monoisotopic (exact) mass is 719 g/mol. The Balaban J connectivity index is 1.31. The van der Waals surface area contributed by atoms with Gasteiger partial charge in [-0.05, 0) is 71.7 Å². The van der Waals surface area contributed by atoms with Crippen LogP contribution in [0.2, 0.25) is 0 Å². The summed E-state index contributed by atoms with van der Waals surface area (Å²) in [6.07, 6.45) is 2.93. The molecule has 2 saturated heterocycles. The first kappa shape index (κ1) is 34.5. The summed E-state index contributed by atoms with van der Waals surface area (Å²) in [6, 6.07) is 12.0. The molecular weight excluding hydrogens is 690 g/mol. The number of halogens is 1. The summed E-state index contributed by atoms with van der Waals surface area (Å²) >= 11 is 2.43. The van der Waals surface area contributed by atoms with Crippen LogP contribution < -0.4 is 16.0 Å². The molecule has 0 saturated carbocycles. The van der Waals surface area contributed by atoms with Crippen LogP contribution in [0.1, 0.15) is 24.3 Å². The summed E-state index contributed by atoms with van der Waals surface area (Å²) in [6.45, 7) is 0.282. The van der Waals surface area contributed by atoms with Gasteiger partial charge in [-0.15, -0.1) is 23.5 Å². The average molecular weight is 720 g/mol. The second kappa shape index (κ2) is 14.6. The number of amides is 4. The Morgan fingerprint density at radius 1 is 1.06 bits per heavy atom. The molecule has 4 amide bonds. The number of rotatable bonds is 11. The van der Waals surface area contributed by atoms with Crippen LogP contribution in [-0.4, -0.2) is 84.3 Å². The first-order valence-electron chi connectivity index (χ1n) is 15.3. The zero-order chi connectivity index (χ0) is 35.5. The highest BCUT2D eigenvalue weighted by Crippen LogP contribution is 2.47. The highest BCUT2D eigenvalue weighted by molar-refractivity contribution is 8.00. The van der Waals surface area contributed by atoms with Gasteiger partial charge in [-0.2, -0.15) is 0 Å². The minimum Gasteiger partial charge on any atom is -0.508 e. The molecule has 1 unspecified atom stereocenters. The molecule has 3 aliphatic heterocycles. The number of carboxylic acids is 1. The van der Waals surface area contributed by atoms with Crippen LogP contribution in [0.3, 0.4) is 0 Å². The normalized spacial score (nSPS) is 20.0. The van der Waals surface area contributed by atoms with Crippen LogP contribution in [0.25, 0.3) is 0 Å². The number of pyridine rings is 1. The molecule has 0 aliphatic carbocycles. The van der Waals surface area contributed by atoms with Crippen LogP contribution in [-0.2, 0) is 24.0 Å². The van der Waals surface area contributed by atoms with Crippen molar-refractivity contribution in [3.05, 3.63) is 101 Å². The molecule has 0 spiro atoms. The Labute approximate surface area is 293 Å². The van der Waals surface area contributed by atoms with E-state index in [0.29, 0.717) is 5.56 Å². The standard InChI is InChI=1S/C34H30FN5O8S2/c35-24-13-18(1-6-25(24)42)38-26(43)14-22(17-7-10-36-11-8-17)28(21-9-12-37-31(21)45)23-15-50-33-29(32(46)40(33)30(23)34(47)48)39-27(44)16-49-20-4-2-19(41)3-5-20/h1-8,10-11,13,22,29,33,41-42H,9,12,14-16H2,(H,37,45)(H,38,43)(H,39,44)(H,47,48)/t22?,29-,33-/m1/s1. The third-order valence-electron chi connectivity index (χ3n) is 8.36. The second-order valence-corrected chi connectivity index (χ2v) is 13.7. The SMILES string of the molecule is O=C(CC(C(=C1CCNC1=O)C1=C(C(=O)O)N2C(=O)[C@@H](NC(=O)CSc3ccc(O)cc3)[C@H]2SC1)c1ccncc1)Nc1ccc(O)c(F)c1. The maximum Gasteiger partial charge on any atom is 0.352 e. The van der Waals surface area contributed by atoms with Gasteiger partial charge in [0.05, 0.1) is 5.75 Å². The molecule has 0 radical (unpaired) electrons. The van der Waals surface area contributed by atoms with Gasteiger partial charge in [0.15, 0.2) is 11.6 Å². The summed E-state index contributed by atoms with van der Waals surface area (Å²) in [5, 5.41) is 36.9. The lowest BCUT2D eigenvalue weighted by molar-refractivity contribution is -0.150. The molecule has 3 aliphatic rings. The summed E-state index contributed by atoms with van der Waals surface area (Å²) < 4.78 is 14.0. The number of aromatic nitrogens is 1. The molecule has 4 heterocycles. The Morgan fingerprint density at radius 2 is 1.80 bits per heavy atom. The third kappa shape index (κ3) is 7.16. The smallest absolute Gasteiger partial charge is 0.352 e. The topological polar surface area (TPSA) is 198 Å². The molecule has 3 aromatic rings. The zero-order valence-corrected chi connectivity index (χ0v) is 27.7. The van der Waals surface area contributed by atoms with E-state index >= 15 is 0 Å². The first-order chi connectivity index (χ1) is 24.0. The lowest BCUT2D eigenvalue weighted by Gasteiger charge is -2.50. The van der Waals surface area contributed by atoms with E-state index in [4.69, 9.17) is 0 Å². The molecule has 6 rings (SSSR count). The van der Waals surface area contributed by atoms with Crippen LogP contribution >= 0.6 is 23.5 Å². The lowest BCUT2D eigenvalue weighted by Crippen LogP contribution is -2.70. The number of aliphatic carboxylic acids is 1. The number of carbonyl (C=O) groups is 5. The molecule has 50 heavy (non-hydrogen) atoms. The number of β-lactam (4-membered cyclic amide) rings is 1. The third-order valence-corrected chi connectivity index (χ3v) is 10.6. The van der Waals surface area contributed by atoms with E-state index in [9.17, 15) is 43.7 Å². The minimum absolute atomic E-state index is 0.0172. The van der Waals surface area contributed by atoms with Crippen LogP contribution in [0.4, 0.5) is 10.1 Å². The molecule has 3 atom stereocenters. The number of thioether (sulfide) groups is 2. The van der Waals surface area contributed by atoms with Crippen molar-refractivity contribution in [1.29, 1.82) is 0 Å². The van der Waals surface area contributed by atoms with Gasteiger partial charge in [0, 0.05) is 59.3 Å². The number of nitrogens with one attached hydrogen (secondary N) is 3. The van der Waals surface area contributed by atoms with Crippen molar-refractivity contribution in [2.24, 2.45) is 0 Å². The highest BCUT2D eigenvalue weighted by atomic mass is 32.2. The minimum atomic E-state index is -1.42. The van der Waals surface area contributed by atoms with Crippen LogP contribution in [0.5, 0.6) is 11.5 Å². The Kier molecular flexibility index (Phi) is 10.1. The lowest BCUT2D eigenvalue weighted by atomic mass is 9.80. The number of fused-ring (bicyclic) bond motifs is 1. The number of hydrogen-bond acceptors (Lipinski definition) is 10. The largest absolute Gasteiger partial charge is 0.508 e. The Bertz CT molecular complexity index is 1940. The Morgan fingerprint density at radius 3 is 2.46 bits per heavy atom. The van der Waals surface area contributed by atoms with Gasteiger partial charge in [-0.25, -0.2) is 9.18 Å². The number of phenols is 2. The van der Waals surface area contributed by atoms with Crippen molar-refractivity contribution in [2.45, 2.75) is 35.1 Å². The number of benzene rings is 2. The number of carbonyl (C=O) groups excluding carboxylic acids is 4. The van der Waals surface area contributed by atoms with Crippen LogP contribution in [0.15, 0.2) is 94.3 Å². The fraction of sp³-hybridized carbons (Fsp3) is 0.235. The molecular formula is C34H30FN5O8S2. The fourth-order valence-corrected chi connectivity index (χ4v) is 8.15. The number of aromatic hydroxyl groups is 2. The van der Waals surface area contributed by atoms with Gasteiger partial charge in [0.2, 0.25) is 17.7 Å². The molecule has 16 heteroatoms. The molecule has 0 bridgehead atoms. The van der Waals surface area contributed by atoms with E-state index in [1.54, 1.807) is 24.3 Å². The van der Waals surface area contributed by atoms with E-state index in [2.05, 4.69) is 20.9 Å². The number of anilines is 1. The maximum atomic E-state index is 14.0. The van der Waals surface area contributed by atoms with Gasteiger partial charge in [-0.3, -0.25) is 29.1 Å². The number of allylic oxidation sites excluding steroid dienone is 1. The molecule has 13 nitrogen and oxygen atoms in total. The van der Waals surface area contributed by atoms with E-state index in [0.717, 1.165) is 21.9 Å². The zero-order valence-electron chi connectivity index (χ0n) is 26.1. The maximum absolute atomic E-state index is 14.0. The van der Waals surface area contributed by atoms with E-state index < -0.39 is 58.5 Å². The number of nitrogens with zero attached hydrogens (tertiary/aromatic N) is 2. The summed E-state index contributed by atoms with van der Waals surface area (Å²) in [4.78, 5) is 71.9. The van der Waals surface area contributed by atoms with Gasteiger partial charge in [-0.1, -0.05) is 0 Å². The molecule has 1 aromatic heterocycles. The second-order valence-electron chi connectivity index (χ2n) is 11.5. The predicted octanol–water partition coefficient (Wildman–Crippen LogP) is 3.09. The van der Waals surface area contributed by atoms with Crippen molar-refractivity contribution in [1.82, 2.24) is 20.5 Å². The van der Waals surface area contributed by atoms with Crippen molar-refractivity contribution in [3.63, 3.8) is 0 Å². The summed E-state index contributed by atoms with van der Waals surface area (Å²) in [5.41, 5.74) is 1.03. The first-order valence-corrected chi connectivity index (χ1v) is 17.4. The average Bonchev–Trinajstić information content (AvgIpc) is 3.53. The quantitative estimate of drug-likeness (QED) is 0.0737. The number of carboxylic acid groups (broad SMARTS) is 1. The Hall–Kier alpha value is -5.35. The van der Waals surface area contributed by atoms with Gasteiger partial charge < -0.3 is 31.3 Å². The van der Waals surface area contributed by atoms with Crippen molar-refractivity contribution < 1.29 is 43.7 Å². The predicted molar refractivity (Wildman–Crippen MR) is 181 cm³/mol. The van der Waals surface area contributed by atoms with Crippen LogP contribution in [0, 0.1) is 5.82 Å². The van der Waals surface area contributed by atoms with Crippen molar-refractivity contribution >= 4 is 58.8 Å². The van der Waals surface area contributed by atoms with E-state index in [1.807, 2.05) is 0 Å².